The van der Waals surface area contributed by atoms with Gasteiger partial charge in [0.15, 0.2) is 0 Å². The number of ether oxygens (including phenoxy) is 2. The highest BCUT2D eigenvalue weighted by Gasteiger charge is 2.01. The molecule has 15 heavy (non-hydrogen) atoms. The molecule has 0 fully saturated rings. The molecule has 1 aromatic rings. The number of methoxy groups -OCH3 is 1. The van der Waals surface area contributed by atoms with Gasteiger partial charge in [-0.15, -0.1) is 0 Å². The van der Waals surface area contributed by atoms with E-state index < -0.39 is 0 Å². The third kappa shape index (κ3) is 3.99. The van der Waals surface area contributed by atoms with Crippen LogP contribution in [-0.4, -0.2) is 26.2 Å². The fraction of sp³-hybridized carbons (Fsp3) is 0.364. The third-order valence-electron chi connectivity index (χ3n) is 1.81. The first kappa shape index (κ1) is 11.5. The first-order valence-corrected chi connectivity index (χ1v) is 4.78. The lowest BCUT2D eigenvalue weighted by Gasteiger charge is -2.05. The molecule has 0 spiro atoms. The molecule has 0 unspecified atom stereocenters. The van der Waals surface area contributed by atoms with Gasteiger partial charge in [-0.1, -0.05) is 0 Å². The van der Waals surface area contributed by atoms with Gasteiger partial charge in [0.25, 0.3) is 0 Å². The van der Waals surface area contributed by atoms with Crippen molar-refractivity contribution >= 4 is 11.6 Å². The summed E-state index contributed by atoms with van der Waals surface area (Å²) >= 11 is 0. The molecule has 0 radical (unpaired) electrons. The van der Waals surface area contributed by atoms with Crippen molar-refractivity contribution in [3.63, 3.8) is 0 Å². The maximum atomic E-state index is 11.3. The van der Waals surface area contributed by atoms with Gasteiger partial charge in [0.1, 0.15) is 12.4 Å². The van der Waals surface area contributed by atoms with Crippen molar-refractivity contribution in [2.75, 3.05) is 25.6 Å². The average molecular weight is 209 g/mol. The molecule has 1 rings (SSSR count). The number of anilines is 1. The molecule has 82 valence electrons. The molecule has 0 bridgehead atoms. The van der Waals surface area contributed by atoms with Crippen LogP contribution in [0.3, 0.4) is 0 Å². The number of benzene rings is 1. The van der Waals surface area contributed by atoms with Crippen molar-refractivity contribution in [3.8, 4) is 5.75 Å². The van der Waals surface area contributed by atoms with Crippen molar-refractivity contribution in [2.24, 2.45) is 0 Å². The van der Waals surface area contributed by atoms with Crippen LogP contribution in [0.1, 0.15) is 6.92 Å². The Labute approximate surface area is 89.2 Å². The minimum atomic E-state index is -0.151. The summed E-state index contributed by atoms with van der Waals surface area (Å²) in [6.45, 7) is 2.47. The Morgan fingerprint density at radius 3 is 2.53 bits per heavy atom. The lowest BCUT2D eigenvalue weighted by molar-refractivity contribution is -0.120. The highest BCUT2D eigenvalue weighted by molar-refractivity contribution is 5.91. The average Bonchev–Trinajstić information content (AvgIpc) is 2.27. The molecule has 4 nitrogen and oxygen atoms in total. The molecular weight excluding hydrogens is 194 g/mol. The van der Waals surface area contributed by atoms with E-state index >= 15 is 0 Å². The van der Waals surface area contributed by atoms with Crippen LogP contribution >= 0.6 is 0 Å². The Bertz CT molecular complexity index is 308. The lowest BCUT2D eigenvalue weighted by Crippen LogP contribution is -2.18. The highest BCUT2D eigenvalue weighted by Crippen LogP contribution is 2.14. The quantitative estimate of drug-likeness (QED) is 0.802. The molecule has 0 saturated heterocycles. The smallest absolute Gasteiger partial charge is 0.250 e. The zero-order valence-corrected chi connectivity index (χ0v) is 8.95. The molecule has 1 N–H and O–H groups in total. The third-order valence-corrected chi connectivity index (χ3v) is 1.81. The minimum Gasteiger partial charge on any atom is -0.497 e. The van der Waals surface area contributed by atoms with Crippen molar-refractivity contribution < 1.29 is 14.3 Å². The fourth-order valence-electron chi connectivity index (χ4n) is 1.07. The van der Waals surface area contributed by atoms with Gasteiger partial charge in [0, 0.05) is 12.3 Å². The summed E-state index contributed by atoms with van der Waals surface area (Å²) in [5.74, 6) is 0.611. The van der Waals surface area contributed by atoms with Gasteiger partial charge >= 0.3 is 0 Å². The van der Waals surface area contributed by atoms with Gasteiger partial charge in [-0.05, 0) is 31.2 Å². The number of amides is 1. The fourth-order valence-corrected chi connectivity index (χ4v) is 1.07. The summed E-state index contributed by atoms with van der Waals surface area (Å²) in [6.07, 6.45) is 0. The molecule has 0 saturated carbocycles. The highest BCUT2D eigenvalue weighted by atomic mass is 16.5. The van der Waals surface area contributed by atoms with E-state index in [2.05, 4.69) is 5.32 Å². The Morgan fingerprint density at radius 1 is 1.33 bits per heavy atom. The molecule has 0 atom stereocenters. The summed E-state index contributed by atoms with van der Waals surface area (Å²) < 4.78 is 9.98. The van der Waals surface area contributed by atoms with Crippen LogP contribution < -0.4 is 10.1 Å². The zero-order valence-electron chi connectivity index (χ0n) is 8.95. The molecular formula is C11H15NO3. The molecule has 0 aliphatic heterocycles. The van der Waals surface area contributed by atoms with E-state index in [0.717, 1.165) is 11.4 Å². The Morgan fingerprint density at radius 2 is 2.00 bits per heavy atom. The number of hydrogen-bond acceptors (Lipinski definition) is 3. The first-order valence-electron chi connectivity index (χ1n) is 4.78. The largest absolute Gasteiger partial charge is 0.497 e. The van der Waals surface area contributed by atoms with Crippen molar-refractivity contribution in [2.45, 2.75) is 6.92 Å². The molecule has 1 amide bonds. The molecule has 0 aliphatic rings. The standard InChI is InChI=1S/C11H15NO3/c1-3-15-8-11(13)12-9-4-6-10(14-2)7-5-9/h4-7H,3,8H2,1-2H3,(H,12,13). The first-order chi connectivity index (χ1) is 7.26. The second-order valence-electron chi connectivity index (χ2n) is 2.91. The number of hydrogen-bond donors (Lipinski definition) is 1. The van der Waals surface area contributed by atoms with E-state index in [1.807, 2.05) is 6.92 Å². The minimum absolute atomic E-state index is 0.0858. The van der Waals surface area contributed by atoms with E-state index in [-0.39, 0.29) is 12.5 Å². The molecule has 1 aromatic carbocycles. The second kappa shape index (κ2) is 6.03. The maximum absolute atomic E-state index is 11.3. The van der Waals surface area contributed by atoms with Crippen LogP contribution in [-0.2, 0) is 9.53 Å². The zero-order chi connectivity index (χ0) is 11.1. The van der Waals surface area contributed by atoms with Crippen molar-refractivity contribution in [3.05, 3.63) is 24.3 Å². The van der Waals surface area contributed by atoms with Crippen LogP contribution in [0.5, 0.6) is 5.75 Å². The Balaban J connectivity index is 2.46. The van der Waals surface area contributed by atoms with Gasteiger partial charge < -0.3 is 14.8 Å². The normalized spacial score (nSPS) is 9.73. The number of rotatable bonds is 5. The molecule has 4 heteroatoms. The van der Waals surface area contributed by atoms with Crippen molar-refractivity contribution in [1.29, 1.82) is 0 Å². The summed E-state index contributed by atoms with van der Waals surface area (Å²) in [7, 11) is 1.60. The predicted octanol–water partition coefficient (Wildman–Crippen LogP) is 1.67. The maximum Gasteiger partial charge on any atom is 0.250 e. The van der Waals surface area contributed by atoms with E-state index in [1.54, 1.807) is 31.4 Å². The van der Waals surface area contributed by atoms with Crippen LogP contribution in [0.2, 0.25) is 0 Å². The van der Waals surface area contributed by atoms with E-state index in [1.165, 1.54) is 0 Å². The monoisotopic (exact) mass is 209 g/mol. The number of carbonyl (C=O) groups excluding carboxylic acids is 1. The Hall–Kier alpha value is -1.55. The summed E-state index contributed by atoms with van der Waals surface area (Å²) in [6, 6.07) is 7.14. The van der Waals surface area contributed by atoms with E-state index in [0.29, 0.717) is 6.61 Å². The number of nitrogens with one attached hydrogen (secondary N) is 1. The summed E-state index contributed by atoms with van der Waals surface area (Å²) in [5, 5.41) is 2.71. The van der Waals surface area contributed by atoms with Gasteiger partial charge in [0.2, 0.25) is 5.91 Å². The van der Waals surface area contributed by atoms with E-state index in [4.69, 9.17) is 9.47 Å². The summed E-state index contributed by atoms with van der Waals surface area (Å²) in [5.41, 5.74) is 0.737. The van der Waals surface area contributed by atoms with Crippen LogP contribution in [0.25, 0.3) is 0 Å². The van der Waals surface area contributed by atoms with E-state index in [9.17, 15) is 4.79 Å². The van der Waals surface area contributed by atoms with Gasteiger partial charge in [-0.25, -0.2) is 0 Å². The second-order valence-corrected chi connectivity index (χ2v) is 2.91. The SMILES string of the molecule is CCOCC(=O)Nc1ccc(OC)cc1. The predicted molar refractivity (Wildman–Crippen MR) is 58.1 cm³/mol. The van der Waals surface area contributed by atoms with Crippen LogP contribution in [0.4, 0.5) is 5.69 Å². The topological polar surface area (TPSA) is 47.6 Å². The Kier molecular flexibility index (Phi) is 4.63. The molecule has 0 heterocycles. The van der Waals surface area contributed by atoms with Gasteiger partial charge in [-0.3, -0.25) is 4.79 Å². The lowest BCUT2D eigenvalue weighted by atomic mass is 10.3. The summed E-state index contributed by atoms with van der Waals surface area (Å²) in [4.78, 5) is 11.3. The molecule has 0 aromatic heterocycles. The van der Waals surface area contributed by atoms with Crippen LogP contribution in [0, 0.1) is 0 Å². The number of carbonyl (C=O) groups is 1. The van der Waals surface area contributed by atoms with Crippen LogP contribution in [0.15, 0.2) is 24.3 Å². The van der Waals surface area contributed by atoms with Gasteiger partial charge in [0.05, 0.1) is 7.11 Å². The van der Waals surface area contributed by atoms with Crippen molar-refractivity contribution in [1.82, 2.24) is 0 Å². The molecule has 0 aliphatic carbocycles. The van der Waals surface area contributed by atoms with Gasteiger partial charge in [-0.2, -0.15) is 0 Å².